The molecule has 5 nitrogen and oxygen atoms in total. The number of hydrogen-bond acceptors (Lipinski definition) is 4. The zero-order valence-corrected chi connectivity index (χ0v) is 16.4. The van der Waals surface area contributed by atoms with E-state index in [9.17, 15) is 9.59 Å². The van der Waals surface area contributed by atoms with Gasteiger partial charge in [-0.1, -0.05) is 35.9 Å². The van der Waals surface area contributed by atoms with Crippen molar-refractivity contribution in [1.29, 1.82) is 0 Å². The third-order valence-corrected chi connectivity index (χ3v) is 6.07. The van der Waals surface area contributed by atoms with E-state index in [-0.39, 0.29) is 23.7 Å². The molecular weight excluding hydrogens is 374 g/mol. The predicted octanol–water partition coefficient (Wildman–Crippen LogP) is 3.11. The molecule has 0 saturated carbocycles. The number of likely N-dealkylation sites (tertiary alicyclic amines) is 1. The van der Waals surface area contributed by atoms with Crippen LogP contribution in [0.25, 0.3) is 0 Å². The summed E-state index contributed by atoms with van der Waals surface area (Å²) in [5.41, 5.74) is 9.84. The predicted molar refractivity (Wildman–Crippen MR) is 110 cm³/mol. The normalized spacial score (nSPS) is 20.3. The Morgan fingerprint density at radius 2 is 2.00 bits per heavy atom. The van der Waals surface area contributed by atoms with Crippen LogP contribution >= 0.6 is 11.6 Å². The fourth-order valence-corrected chi connectivity index (χ4v) is 4.34. The van der Waals surface area contributed by atoms with Gasteiger partial charge < -0.3 is 16.0 Å². The maximum Gasteiger partial charge on any atom is 0.232 e. The first kappa shape index (κ1) is 19.0. The van der Waals surface area contributed by atoms with Crippen molar-refractivity contribution < 1.29 is 9.59 Å². The second-order valence-electron chi connectivity index (χ2n) is 7.44. The minimum Gasteiger partial charge on any atom is -0.384 e. The smallest absolute Gasteiger partial charge is 0.232 e. The molecule has 1 amide bonds. The average Bonchev–Trinajstić information content (AvgIpc) is 3.10. The molecule has 1 fully saturated rings. The highest BCUT2D eigenvalue weighted by Gasteiger charge is 2.41. The minimum absolute atomic E-state index is 0.0486. The van der Waals surface area contributed by atoms with Gasteiger partial charge in [0, 0.05) is 36.8 Å². The summed E-state index contributed by atoms with van der Waals surface area (Å²) in [6.07, 6.45) is 1.73. The number of fused-ring (bicyclic) bond motifs is 1. The molecule has 2 atom stereocenters. The summed E-state index contributed by atoms with van der Waals surface area (Å²) in [6, 6.07) is 13.2. The Morgan fingerprint density at radius 1 is 1.18 bits per heavy atom. The van der Waals surface area contributed by atoms with E-state index >= 15 is 0 Å². The van der Waals surface area contributed by atoms with Crippen LogP contribution in [0.5, 0.6) is 0 Å². The summed E-state index contributed by atoms with van der Waals surface area (Å²) in [7, 11) is 0. The standard InChI is InChI=1S/C22H24ClN3O2/c23-16-7-5-15(12-24)14(11-16)6-8-21(27)20-9-10-26(20)22(28)18-13-25-19-4-2-1-3-17(18)19/h1-5,7,11,18,20,25H,6,8-10,12-13,24H2/t18?,20-/m0/s1. The SMILES string of the molecule is NCc1ccc(Cl)cc1CCC(=O)[C@@H]1CCN1C(=O)C1CNc2ccccc21. The Morgan fingerprint density at radius 3 is 2.75 bits per heavy atom. The van der Waals surface area contributed by atoms with Crippen LogP contribution in [-0.4, -0.2) is 35.7 Å². The summed E-state index contributed by atoms with van der Waals surface area (Å²) in [5.74, 6) is -0.0437. The minimum atomic E-state index is -0.305. The number of ketones is 1. The zero-order valence-electron chi connectivity index (χ0n) is 15.7. The molecule has 0 radical (unpaired) electrons. The number of para-hydroxylation sites is 1. The monoisotopic (exact) mass is 397 g/mol. The van der Waals surface area contributed by atoms with Crippen LogP contribution in [0, 0.1) is 0 Å². The zero-order chi connectivity index (χ0) is 19.7. The van der Waals surface area contributed by atoms with Gasteiger partial charge in [0.25, 0.3) is 0 Å². The van der Waals surface area contributed by atoms with Gasteiger partial charge in [0.1, 0.15) is 0 Å². The number of Topliss-reactive ketones (excluding diaryl/α,β-unsaturated/α-hetero) is 1. The second-order valence-corrected chi connectivity index (χ2v) is 7.88. The number of anilines is 1. The molecule has 0 aromatic heterocycles. The highest BCUT2D eigenvalue weighted by molar-refractivity contribution is 6.30. The topological polar surface area (TPSA) is 75.4 Å². The molecule has 2 aliphatic heterocycles. The van der Waals surface area contributed by atoms with Gasteiger partial charge >= 0.3 is 0 Å². The molecular formula is C22H24ClN3O2. The molecule has 0 aliphatic carbocycles. The molecule has 2 aliphatic rings. The highest BCUT2D eigenvalue weighted by Crippen LogP contribution is 2.35. The Kier molecular flexibility index (Phi) is 5.38. The number of halogens is 1. The quantitative estimate of drug-likeness (QED) is 0.785. The summed E-state index contributed by atoms with van der Waals surface area (Å²) < 4.78 is 0. The lowest BCUT2D eigenvalue weighted by Crippen LogP contribution is -2.56. The molecule has 0 spiro atoms. The Labute approximate surface area is 169 Å². The Balaban J connectivity index is 1.40. The summed E-state index contributed by atoms with van der Waals surface area (Å²) in [4.78, 5) is 27.6. The third-order valence-electron chi connectivity index (χ3n) is 5.83. The van der Waals surface area contributed by atoms with Crippen molar-refractivity contribution in [3.63, 3.8) is 0 Å². The molecule has 0 bridgehead atoms. The van der Waals surface area contributed by atoms with E-state index in [4.69, 9.17) is 17.3 Å². The van der Waals surface area contributed by atoms with Crippen molar-refractivity contribution in [1.82, 2.24) is 4.90 Å². The number of hydrogen-bond donors (Lipinski definition) is 2. The molecule has 1 unspecified atom stereocenters. The summed E-state index contributed by atoms with van der Waals surface area (Å²) >= 11 is 6.08. The molecule has 2 aromatic rings. The van der Waals surface area contributed by atoms with Gasteiger partial charge in [0.05, 0.1) is 12.0 Å². The lowest BCUT2D eigenvalue weighted by atomic mass is 9.90. The van der Waals surface area contributed by atoms with Crippen molar-refractivity contribution >= 4 is 29.0 Å². The molecule has 2 heterocycles. The largest absolute Gasteiger partial charge is 0.384 e. The van der Waals surface area contributed by atoms with Crippen molar-refractivity contribution in [3.8, 4) is 0 Å². The van der Waals surface area contributed by atoms with E-state index in [1.165, 1.54) is 0 Å². The van der Waals surface area contributed by atoms with Crippen molar-refractivity contribution in [2.45, 2.75) is 37.8 Å². The van der Waals surface area contributed by atoms with E-state index in [0.29, 0.717) is 37.5 Å². The van der Waals surface area contributed by atoms with Gasteiger partial charge in [-0.15, -0.1) is 0 Å². The van der Waals surface area contributed by atoms with Crippen LogP contribution in [0.2, 0.25) is 5.02 Å². The fraction of sp³-hybridized carbons (Fsp3) is 0.364. The maximum absolute atomic E-state index is 13.0. The number of benzene rings is 2. The number of carbonyl (C=O) groups is 2. The van der Waals surface area contributed by atoms with Gasteiger partial charge in [-0.25, -0.2) is 0 Å². The van der Waals surface area contributed by atoms with Crippen molar-refractivity contribution in [2.75, 3.05) is 18.4 Å². The number of nitrogens with one attached hydrogen (secondary N) is 1. The fourth-order valence-electron chi connectivity index (χ4n) is 4.14. The number of carbonyl (C=O) groups excluding carboxylic acids is 2. The van der Waals surface area contributed by atoms with Gasteiger partial charge in [-0.3, -0.25) is 9.59 Å². The lowest BCUT2D eigenvalue weighted by molar-refractivity contribution is -0.147. The van der Waals surface area contributed by atoms with E-state index in [1.54, 1.807) is 4.90 Å². The number of aryl methyl sites for hydroxylation is 1. The van der Waals surface area contributed by atoms with Crippen LogP contribution in [0.4, 0.5) is 5.69 Å². The van der Waals surface area contributed by atoms with Gasteiger partial charge in [-0.2, -0.15) is 0 Å². The Hall–Kier alpha value is -2.37. The number of nitrogens with zero attached hydrogens (tertiary/aromatic N) is 1. The van der Waals surface area contributed by atoms with E-state index in [1.807, 2.05) is 42.5 Å². The van der Waals surface area contributed by atoms with Crippen LogP contribution in [0.15, 0.2) is 42.5 Å². The van der Waals surface area contributed by atoms with Crippen LogP contribution < -0.4 is 11.1 Å². The molecule has 1 saturated heterocycles. The van der Waals surface area contributed by atoms with E-state index in [2.05, 4.69) is 5.32 Å². The lowest BCUT2D eigenvalue weighted by Gasteiger charge is -2.41. The third kappa shape index (κ3) is 3.52. The number of rotatable bonds is 6. The summed E-state index contributed by atoms with van der Waals surface area (Å²) in [6.45, 7) is 1.67. The van der Waals surface area contributed by atoms with Crippen LogP contribution in [0.3, 0.4) is 0 Å². The second kappa shape index (κ2) is 7.94. The first-order valence-corrected chi connectivity index (χ1v) is 10.1. The van der Waals surface area contributed by atoms with E-state index < -0.39 is 0 Å². The first-order chi connectivity index (χ1) is 13.6. The van der Waals surface area contributed by atoms with Gasteiger partial charge in [0.15, 0.2) is 5.78 Å². The molecule has 146 valence electrons. The molecule has 4 rings (SSSR count). The van der Waals surface area contributed by atoms with Gasteiger partial charge in [-0.05, 0) is 47.7 Å². The molecule has 2 aromatic carbocycles. The maximum atomic E-state index is 13.0. The first-order valence-electron chi connectivity index (χ1n) is 9.72. The number of nitrogens with two attached hydrogens (primary N) is 1. The van der Waals surface area contributed by atoms with Gasteiger partial charge in [0.2, 0.25) is 5.91 Å². The Bertz CT molecular complexity index is 914. The molecule has 3 N–H and O–H groups in total. The summed E-state index contributed by atoms with van der Waals surface area (Å²) in [5, 5.41) is 3.93. The van der Waals surface area contributed by atoms with E-state index in [0.717, 1.165) is 28.8 Å². The van der Waals surface area contributed by atoms with Crippen LogP contribution in [0.1, 0.15) is 35.4 Å². The molecule has 28 heavy (non-hydrogen) atoms. The highest BCUT2D eigenvalue weighted by atomic mass is 35.5. The van der Waals surface area contributed by atoms with Crippen molar-refractivity contribution in [2.24, 2.45) is 5.73 Å². The van der Waals surface area contributed by atoms with Crippen LogP contribution in [-0.2, 0) is 22.6 Å². The van der Waals surface area contributed by atoms with Crippen molar-refractivity contribution in [3.05, 3.63) is 64.2 Å². The molecule has 6 heteroatoms. The number of amides is 1. The average molecular weight is 398 g/mol.